The number of pyridine rings is 1. The Balaban J connectivity index is 1.59. The van der Waals surface area contributed by atoms with Gasteiger partial charge in [0.1, 0.15) is 7.05 Å². The van der Waals surface area contributed by atoms with Crippen molar-refractivity contribution in [1.29, 1.82) is 0 Å². The van der Waals surface area contributed by atoms with Gasteiger partial charge >= 0.3 is 0 Å². The molecule has 1 spiro atoms. The van der Waals surface area contributed by atoms with E-state index in [9.17, 15) is 0 Å². The first-order chi connectivity index (χ1) is 19.4. The number of aromatic nitrogens is 1. The van der Waals surface area contributed by atoms with Crippen molar-refractivity contribution in [1.82, 2.24) is 0 Å². The molecule has 1 heterocycles. The normalized spacial score (nSPS) is 20.0. The molecule has 1 nitrogen and oxygen atoms in total. The van der Waals surface area contributed by atoms with Crippen LogP contribution in [-0.4, -0.2) is 0 Å². The molecule has 0 saturated heterocycles. The van der Waals surface area contributed by atoms with Gasteiger partial charge in [-0.1, -0.05) is 76.4 Å². The summed E-state index contributed by atoms with van der Waals surface area (Å²) in [6.45, 7) is 6.99. The zero-order valence-corrected chi connectivity index (χ0v) is 24.1. The van der Waals surface area contributed by atoms with Gasteiger partial charge in [-0.15, -0.1) is 0 Å². The van der Waals surface area contributed by atoms with Gasteiger partial charge in [0.05, 0.1) is 5.39 Å². The van der Waals surface area contributed by atoms with E-state index in [0.717, 1.165) is 23.7 Å². The highest BCUT2D eigenvalue weighted by molar-refractivity contribution is 5.95. The first kappa shape index (κ1) is 22.2. The minimum atomic E-state index is -2.15. The minimum absolute atomic E-state index is 0.00752. The number of hydrogen-bond acceptors (Lipinski definition) is 0. The molecule has 0 atom stereocenters. The van der Waals surface area contributed by atoms with Gasteiger partial charge < -0.3 is 0 Å². The van der Waals surface area contributed by atoms with Crippen LogP contribution in [0.5, 0.6) is 0 Å². The van der Waals surface area contributed by atoms with Gasteiger partial charge in [-0.2, -0.15) is 4.57 Å². The van der Waals surface area contributed by atoms with Crippen molar-refractivity contribution in [3.63, 3.8) is 0 Å². The third-order valence-corrected chi connectivity index (χ3v) is 10.1. The molecule has 2 fully saturated rings. The number of benzene rings is 3. The van der Waals surface area contributed by atoms with Crippen molar-refractivity contribution >= 4 is 21.7 Å². The van der Waals surface area contributed by atoms with Crippen molar-refractivity contribution in [3.05, 3.63) is 76.9 Å². The molecule has 0 N–H and O–H groups in total. The van der Waals surface area contributed by atoms with E-state index in [4.69, 9.17) is 4.11 Å². The molecule has 0 amide bonds. The molecule has 4 aromatic rings. The molecule has 1 heteroatoms. The average Bonchev–Trinajstić information content (AvgIpc) is 2.94. The Labute approximate surface area is 234 Å². The average molecular weight is 508 g/mol. The fraction of sp³-hybridized carbons (Fsp3) is 0.486. The molecular weight excluding hydrogens is 458 g/mol. The molecule has 1 aromatic heterocycles. The standard InChI is InChI=1S/C37H46N/c1-25-13-12-16-33-35(25)31(27-17-21-37(22-18-27)19-10-7-11-20-37)24-34(38(33)6)30-23-32(36(3,4)5)29-15-9-8-14-28(29)26(30)2/h8-9,12-16,23-24,27H,7,10-11,17-22H2,1-6H3/q+1/i1D3. The number of rotatable bonds is 2. The Morgan fingerprint density at radius 3 is 2.26 bits per heavy atom. The molecule has 2 aliphatic rings. The summed E-state index contributed by atoms with van der Waals surface area (Å²) in [5.74, 6) is 0.386. The molecule has 0 bridgehead atoms. The van der Waals surface area contributed by atoms with Gasteiger partial charge in [0.2, 0.25) is 11.2 Å². The summed E-state index contributed by atoms with van der Waals surface area (Å²) in [7, 11) is 2.12. The summed E-state index contributed by atoms with van der Waals surface area (Å²) < 4.78 is 27.6. The second-order valence-electron chi connectivity index (χ2n) is 13.5. The van der Waals surface area contributed by atoms with E-state index in [1.165, 1.54) is 83.7 Å². The Morgan fingerprint density at radius 1 is 0.868 bits per heavy atom. The topological polar surface area (TPSA) is 3.88 Å². The molecule has 6 rings (SSSR count). The van der Waals surface area contributed by atoms with Crippen molar-refractivity contribution < 1.29 is 8.68 Å². The second-order valence-corrected chi connectivity index (χ2v) is 13.5. The largest absolute Gasteiger partial charge is 0.213 e. The molecule has 2 aliphatic carbocycles. The number of aryl methyl sites for hydroxylation is 3. The van der Waals surface area contributed by atoms with Crippen LogP contribution in [0.2, 0.25) is 0 Å². The Kier molecular flexibility index (Phi) is 5.55. The van der Waals surface area contributed by atoms with Crippen LogP contribution in [-0.2, 0) is 12.5 Å². The Hall–Kier alpha value is -2.67. The quantitative estimate of drug-likeness (QED) is 0.238. The number of nitrogens with zero attached hydrogens (tertiary/aromatic N) is 1. The third kappa shape index (κ3) is 4.27. The lowest BCUT2D eigenvalue weighted by molar-refractivity contribution is -0.633. The van der Waals surface area contributed by atoms with Crippen molar-refractivity contribution in [2.75, 3.05) is 0 Å². The van der Waals surface area contributed by atoms with Crippen LogP contribution in [0.3, 0.4) is 0 Å². The van der Waals surface area contributed by atoms with Crippen molar-refractivity contribution in [3.8, 4) is 11.3 Å². The SMILES string of the molecule is [2H]C([2H])([2H])c1cccc2c1c(C1CCC3(CCCCC3)CC1)cc(-c1cc(C(C)(C)C)c3ccccc3c1C)[n+]2C. The molecule has 0 unspecified atom stereocenters. The smallest absolute Gasteiger partial charge is 0.194 e. The molecule has 0 aliphatic heterocycles. The summed E-state index contributed by atoms with van der Waals surface area (Å²) in [5, 5.41) is 3.57. The van der Waals surface area contributed by atoms with E-state index >= 15 is 0 Å². The van der Waals surface area contributed by atoms with Crippen LogP contribution in [0.15, 0.2) is 54.6 Å². The van der Waals surface area contributed by atoms with E-state index < -0.39 is 6.85 Å². The first-order valence-corrected chi connectivity index (χ1v) is 14.9. The number of hydrogen-bond donors (Lipinski definition) is 0. The second kappa shape index (κ2) is 9.51. The third-order valence-electron chi connectivity index (χ3n) is 10.1. The molecule has 2 saturated carbocycles. The summed E-state index contributed by atoms with van der Waals surface area (Å²) in [5.41, 5.74) is 8.35. The highest BCUT2D eigenvalue weighted by Crippen LogP contribution is 2.52. The summed E-state index contributed by atoms with van der Waals surface area (Å²) in [6.07, 6.45) is 11.7. The van der Waals surface area contributed by atoms with Gasteiger partial charge in [-0.05, 0) is 108 Å². The van der Waals surface area contributed by atoms with E-state index in [1.807, 2.05) is 12.1 Å². The van der Waals surface area contributed by atoms with Crippen LogP contribution < -0.4 is 4.57 Å². The van der Waals surface area contributed by atoms with Gasteiger partial charge in [-0.25, -0.2) is 0 Å². The molecule has 198 valence electrons. The number of fused-ring (bicyclic) bond motifs is 2. The van der Waals surface area contributed by atoms with Crippen molar-refractivity contribution in [2.24, 2.45) is 12.5 Å². The van der Waals surface area contributed by atoms with Crippen LogP contribution in [0, 0.1) is 19.2 Å². The lowest BCUT2D eigenvalue weighted by atomic mass is 9.62. The molecule has 38 heavy (non-hydrogen) atoms. The zero-order chi connectivity index (χ0) is 29.2. The van der Waals surface area contributed by atoms with E-state index in [2.05, 4.69) is 81.8 Å². The fourth-order valence-corrected chi connectivity index (χ4v) is 7.90. The maximum atomic E-state index is 8.45. The van der Waals surface area contributed by atoms with Crippen LogP contribution >= 0.6 is 0 Å². The molecular formula is C37H46N+. The van der Waals surface area contributed by atoms with E-state index in [0.29, 0.717) is 16.9 Å². The van der Waals surface area contributed by atoms with E-state index in [-0.39, 0.29) is 5.41 Å². The van der Waals surface area contributed by atoms with Crippen LogP contribution in [0.4, 0.5) is 0 Å². The zero-order valence-electron chi connectivity index (χ0n) is 27.1. The van der Waals surface area contributed by atoms with Gasteiger partial charge in [-0.3, -0.25) is 0 Å². The molecule has 3 aromatic carbocycles. The summed E-state index contributed by atoms with van der Waals surface area (Å²) >= 11 is 0. The lowest BCUT2D eigenvalue weighted by Gasteiger charge is -2.43. The van der Waals surface area contributed by atoms with Crippen molar-refractivity contribution in [2.45, 2.75) is 104 Å². The summed E-state index contributed by atoms with van der Waals surface area (Å²) in [6, 6.07) is 19.5. The fourth-order valence-electron chi connectivity index (χ4n) is 7.90. The van der Waals surface area contributed by atoms with E-state index in [1.54, 1.807) is 0 Å². The molecule has 0 radical (unpaired) electrons. The van der Waals surface area contributed by atoms with Gasteiger partial charge in [0, 0.05) is 21.8 Å². The summed E-state index contributed by atoms with van der Waals surface area (Å²) in [4.78, 5) is 0. The van der Waals surface area contributed by atoms with Crippen LogP contribution in [0.1, 0.15) is 111 Å². The maximum absolute atomic E-state index is 8.45. The predicted octanol–water partition coefficient (Wildman–Crippen LogP) is 10.0. The van der Waals surface area contributed by atoms with Gasteiger partial charge in [0.15, 0.2) is 0 Å². The highest BCUT2D eigenvalue weighted by atomic mass is 14.9. The predicted molar refractivity (Wildman–Crippen MR) is 163 cm³/mol. The van der Waals surface area contributed by atoms with Gasteiger partial charge in [0.25, 0.3) is 0 Å². The Bertz CT molecular complexity index is 1610. The monoisotopic (exact) mass is 507 g/mol. The lowest BCUT2D eigenvalue weighted by Crippen LogP contribution is -2.34. The maximum Gasteiger partial charge on any atom is 0.213 e. The van der Waals surface area contributed by atoms with Crippen LogP contribution in [0.25, 0.3) is 32.9 Å². The highest BCUT2D eigenvalue weighted by Gasteiger charge is 2.38. The minimum Gasteiger partial charge on any atom is -0.194 e. The Morgan fingerprint density at radius 2 is 1.58 bits per heavy atom. The first-order valence-electron chi connectivity index (χ1n) is 16.4.